The maximum absolute atomic E-state index is 11.9. The van der Waals surface area contributed by atoms with E-state index in [0.717, 1.165) is 11.1 Å². The summed E-state index contributed by atoms with van der Waals surface area (Å²) in [5, 5.41) is 0. The number of carbonyl (C=O) groups excluding carboxylic acids is 1. The lowest BCUT2D eigenvalue weighted by Crippen LogP contribution is -2.36. The smallest absolute Gasteiger partial charge is 0.318 e. The molecular weight excluding hydrogens is 232 g/mol. The number of rotatable bonds is 3. The number of benzene rings is 1. The molecule has 4 nitrogen and oxygen atoms in total. The maximum Gasteiger partial charge on any atom is 0.318 e. The van der Waals surface area contributed by atoms with E-state index in [9.17, 15) is 4.79 Å². The van der Waals surface area contributed by atoms with Crippen LogP contribution < -0.4 is 0 Å². The molecule has 4 heteroatoms. The number of hydrogen-bond acceptors (Lipinski definition) is 4. The lowest BCUT2D eigenvalue weighted by Gasteiger charge is -2.29. The van der Waals surface area contributed by atoms with Crippen LogP contribution in [0, 0.1) is 5.92 Å². The van der Waals surface area contributed by atoms with Crippen molar-refractivity contribution >= 4 is 11.5 Å². The Kier molecular flexibility index (Phi) is 4.12. The van der Waals surface area contributed by atoms with Crippen molar-refractivity contribution in [3.63, 3.8) is 0 Å². The summed E-state index contributed by atoms with van der Waals surface area (Å²) in [6.07, 6.45) is 1.30. The lowest BCUT2D eigenvalue weighted by atomic mass is 9.90. The zero-order valence-corrected chi connectivity index (χ0v) is 10.5. The van der Waals surface area contributed by atoms with Gasteiger partial charge in [-0.15, -0.1) is 0 Å². The number of methoxy groups -OCH3 is 2. The summed E-state index contributed by atoms with van der Waals surface area (Å²) < 4.78 is 15.5. The molecule has 0 radical (unpaired) electrons. The molecule has 0 spiro atoms. The van der Waals surface area contributed by atoms with Gasteiger partial charge in [-0.3, -0.25) is 4.79 Å². The molecule has 0 saturated carbocycles. The summed E-state index contributed by atoms with van der Waals surface area (Å²) in [7, 11) is 2.89. The largest absolute Gasteiger partial charge is 0.468 e. The average molecular weight is 248 g/mol. The van der Waals surface area contributed by atoms with Gasteiger partial charge in [0.15, 0.2) is 6.29 Å². The molecule has 1 heterocycles. The van der Waals surface area contributed by atoms with Gasteiger partial charge in [0, 0.05) is 7.11 Å². The summed E-state index contributed by atoms with van der Waals surface area (Å²) in [4.78, 5) is 11.9. The Morgan fingerprint density at radius 3 is 2.61 bits per heavy atom. The van der Waals surface area contributed by atoms with Crippen molar-refractivity contribution in [1.82, 2.24) is 0 Å². The molecule has 0 fully saturated rings. The predicted molar refractivity (Wildman–Crippen MR) is 66.7 cm³/mol. The fraction of sp³-hybridized carbons (Fsp3) is 0.357. The van der Waals surface area contributed by atoms with E-state index in [2.05, 4.69) is 0 Å². The molecule has 1 aliphatic heterocycles. The highest BCUT2D eigenvalue weighted by atomic mass is 16.7. The van der Waals surface area contributed by atoms with E-state index in [1.807, 2.05) is 36.4 Å². The number of ether oxygens (including phenoxy) is 3. The highest BCUT2D eigenvalue weighted by Gasteiger charge is 2.36. The van der Waals surface area contributed by atoms with Gasteiger partial charge in [-0.25, -0.2) is 0 Å². The first kappa shape index (κ1) is 12.8. The van der Waals surface area contributed by atoms with Crippen LogP contribution in [0.15, 0.2) is 36.4 Å². The first-order valence-corrected chi connectivity index (χ1v) is 5.75. The van der Waals surface area contributed by atoms with Crippen LogP contribution in [0.1, 0.15) is 5.56 Å². The molecule has 0 amide bonds. The van der Waals surface area contributed by atoms with Crippen LogP contribution in [-0.4, -0.2) is 33.1 Å². The normalized spacial score (nSPS) is 23.3. The van der Waals surface area contributed by atoms with Crippen molar-refractivity contribution < 1.29 is 19.0 Å². The van der Waals surface area contributed by atoms with Gasteiger partial charge in [0.25, 0.3) is 0 Å². The van der Waals surface area contributed by atoms with Crippen LogP contribution in [-0.2, 0) is 19.0 Å². The molecule has 0 bridgehead atoms. The second kappa shape index (κ2) is 5.80. The topological polar surface area (TPSA) is 44.8 Å². The van der Waals surface area contributed by atoms with Crippen molar-refractivity contribution in [1.29, 1.82) is 0 Å². The van der Waals surface area contributed by atoms with Crippen LogP contribution in [0.5, 0.6) is 0 Å². The Labute approximate surface area is 106 Å². The van der Waals surface area contributed by atoms with Crippen LogP contribution in [0.3, 0.4) is 0 Å². The summed E-state index contributed by atoms with van der Waals surface area (Å²) >= 11 is 0. The molecule has 0 N–H and O–H groups in total. The molecule has 0 aromatic heterocycles. The van der Waals surface area contributed by atoms with Crippen molar-refractivity contribution in [2.45, 2.75) is 6.29 Å². The molecule has 0 saturated heterocycles. The van der Waals surface area contributed by atoms with E-state index >= 15 is 0 Å². The molecule has 1 aromatic rings. The van der Waals surface area contributed by atoms with E-state index in [4.69, 9.17) is 14.2 Å². The Bertz CT molecular complexity index is 438. The minimum absolute atomic E-state index is 0.350. The summed E-state index contributed by atoms with van der Waals surface area (Å²) in [5.41, 5.74) is 1.87. The van der Waals surface area contributed by atoms with Crippen molar-refractivity contribution in [3.05, 3.63) is 42.0 Å². The first-order valence-electron chi connectivity index (χ1n) is 5.75. The monoisotopic (exact) mass is 248 g/mol. The number of hydrogen-bond donors (Lipinski definition) is 0. The second-order valence-electron chi connectivity index (χ2n) is 3.96. The van der Waals surface area contributed by atoms with Gasteiger partial charge in [-0.1, -0.05) is 36.4 Å². The highest BCUT2D eigenvalue weighted by Crippen LogP contribution is 2.32. The molecule has 0 aliphatic carbocycles. The molecule has 1 aliphatic rings. The molecule has 18 heavy (non-hydrogen) atoms. The van der Waals surface area contributed by atoms with E-state index in [-0.39, 0.29) is 5.97 Å². The summed E-state index contributed by atoms with van der Waals surface area (Å²) in [6.45, 7) is 0.427. The van der Waals surface area contributed by atoms with Crippen LogP contribution >= 0.6 is 0 Å². The molecule has 2 rings (SSSR count). The zero-order chi connectivity index (χ0) is 13.0. The van der Waals surface area contributed by atoms with Gasteiger partial charge >= 0.3 is 5.97 Å². The lowest BCUT2D eigenvalue weighted by molar-refractivity contribution is -0.173. The Morgan fingerprint density at radius 2 is 2.00 bits per heavy atom. The Hall–Kier alpha value is -1.65. The number of carbonyl (C=O) groups is 1. The molecular formula is C14H16O4. The van der Waals surface area contributed by atoms with Crippen molar-refractivity contribution in [2.75, 3.05) is 20.8 Å². The Morgan fingerprint density at radius 1 is 1.28 bits per heavy atom. The van der Waals surface area contributed by atoms with Gasteiger partial charge in [0.1, 0.15) is 5.92 Å². The minimum Gasteiger partial charge on any atom is -0.468 e. The third-order valence-corrected chi connectivity index (χ3v) is 2.97. The molecule has 96 valence electrons. The van der Waals surface area contributed by atoms with Gasteiger partial charge in [-0.05, 0) is 11.1 Å². The van der Waals surface area contributed by atoms with E-state index < -0.39 is 12.2 Å². The molecule has 1 aromatic carbocycles. The minimum atomic E-state index is -0.599. The Balaban J connectivity index is 2.37. The molecule has 0 unspecified atom stereocenters. The number of esters is 1. The predicted octanol–water partition coefficient (Wildman–Crippen LogP) is 1.86. The summed E-state index contributed by atoms with van der Waals surface area (Å²) in [6, 6.07) is 9.72. The van der Waals surface area contributed by atoms with Crippen molar-refractivity contribution in [3.8, 4) is 0 Å². The average Bonchev–Trinajstić information content (AvgIpc) is 2.46. The quantitative estimate of drug-likeness (QED) is 0.766. The van der Waals surface area contributed by atoms with Gasteiger partial charge in [0.05, 0.1) is 13.7 Å². The van der Waals surface area contributed by atoms with E-state index in [0.29, 0.717) is 6.61 Å². The fourth-order valence-corrected chi connectivity index (χ4v) is 2.10. The third kappa shape index (κ3) is 2.44. The van der Waals surface area contributed by atoms with Crippen molar-refractivity contribution in [2.24, 2.45) is 5.92 Å². The maximum atomic E-state index is 11.9. The third-order valence-electron chi connectivity index (χ3n) is 2.97. The van der Waals surface area contributed by atoms with Gasteiger partial charge < -0.3 is 14.2 Å². The van der Waals surface area contributed by atoms with Crippen LogP contribution in [0.25, 0.3) is 5.57 Å². The van der Waals surface area contributed by atoms with Crippen LogP contribution in [0.4, 0.5) is 0 Å². The zero-order valence-electron chi connectivity index (χ0n) is 10.5. The van der Waals surface area contributed by atoms with E-state index in [1.165, 1.54) is 14.2 Å². The highest BCUT2D eigenvalue weighted by molar-refractivity contribution is 5.89. The second-order valence-corrected chi connectivity index (χ2v) is 3.96. The first-order chi connectivity index (χ1) is 8.77. The van der Waals surface area contributed by atoms with E-state index in [1.54, 1.807) is 0 Å². The fourth-order valence-electron chi connectivity index (χ4n) is 2.10. The van der Waals surface area contributed by atoms with Gasteiger partial charge in [0.2, 0.25) is 0 Å². The molecule has 2 atom stereocenters. The standard InChI is InChI=1S/C14H16O4/c1-16-13(15)12-11(8-9-18-14(12)17-2)10-6-4-3-5-7-10/h3-8,12,14H,9H2,1-2H3/t12-,14+/m0/s1. The SMILES string of the molecule is COC(=O)[C@@H]1C(c2ccccc2)=CCO[C@H]1OC. The van der Waals surface area contributed by atoms with Crippen LogP contribution in [0.2, 0.25) is 0 Å². The summed E-state index contributed by atoms with van der Waals surface area (Å²) in [5.74, 6) is -0.896. The van der Waals surface area contributed by atoms with Gasteiger partial charge in [-0.2, -0.15) is 0 Å².